The molecule has 0 radical (unpaired) electrons. The number of nitrogens with zero attached hydrogens (tertiary/aromatic N) is 5. The predicted octanol–water partition coefficient (Wildman–Crippen LogP) is 2.13. The van der Waals surface area contributed by atoms with E-state index in [1.165, 1.54) is 4.88 Å². The first kappa shape index (κ1) is 16.7. The van der Waals surface area contributed by atoms with Gasteiger partial charge < -0.3 is 15.1 Å². The summed E-state index contributed by atoms with van der Waals surface area (Å²) in [5.74, 6) is 2.04. The Bertz CT molecular complexity index is 661. The van der Waals surface area contributed by atoms with E-state index in [0.717, 1.165) is 49.5 Å². The Balaban J connectivity index is 1.61. The highest BCUT2D eigenvalue weighted by atomic mass is 32.1. The summed E-state index contributed by atoms with van der Waals surface area (Å²) >= 11 is 1.71. The van der Waals surface area contributed by atoms with Gasteiger partial charge in [0.1, 0.15) is 5.82 Å². The summed E-state index contributed by atoms with van der Waals surface area (Å²) in [6.07, 6.45) is 3.77. The molecule has 1 aliphatic heterocycles. The Morgan fingerprint density at radius 2 is 2.08 bits per heavy atom. The van der Waals surface area contributed by atoms with Crippen molar-refractivity contribution in [3.8, 4) is 0 Å². The number of pyridine rings is 1. The summed E-state index contributed by atoms with van der Waals surface area (Å²) in [6.45, 7) is 9.52. The molecule has 2 aromatic heterocycles. The van der Waals surface area contributed by atoms with E-state index in [1.807, 2.05) is 31.5 Å². The second kappa shape index (κ2) is 8.10. The quantitative estimate of drug-likeness (QED) is 0.680. The molecule has 1 saturated heterocycles. The molecule has 0 amide bonds. The number of hydrogen-bond acceptors (Lipinski definition) is 5. The van der Waals surface area contributed by atoms with Gasteiger partial charge >= 0.3 is 0 Å². The highest BCUT2D eigenvalue weighted by Gasteiger charge is 2.20. The molecule has 128 valence electrons. The molecule has 7 heteroatoms. The molecule has 0 aromatic carbocycles. The SMILES string of the molecule is CCNC(=NCc1cnc(C)s1)N1CCN(c2ccccn2)CC1. The van der Waals surface area contributed by atoms with Crippen LogP contribution in [0.3, 0.4) is 0 Å². The molecule has 3 heterocycles. The van der Waals surface area contributed by atoms with Gasteiger partial charge in [-0.25, -0.2) is 15.0 Å². The second-order valence-corrected chi connectivity index (χ2v) is 7.00. The third-order valence-corrected chi connectivity index (χ3v) is 4.84. The molecule has 1 N–H and O–H groups in total. The van der Waals surface area contributed by atoms with Crippen molar-refractivity contribution in [1.82, 2.24) is 20.2 Å². The van der Waals surface area contributed by atoms with Crippen molar-refractivity contribution in [3.05, 3.63) is 40.5 Å². The van der Waals surface area contributed by atoms with Crippen molar-refractivity contribution in [3.63, 3.8) is 0 Å². The zero-order valence-corrected chi connectivity index (χ0v) is 15.1. The molecule has 0 unspecified atom stereocenters. The van der Waals surface area contributed by atoms with Crippen molar-refractivity contribution in [1.29, 1.82) is 0 Å². The van der Waals surface area contributed by atoms with Crippen LogP contribution in [0.2, 0.25) is 0 Å². The average Bonchev–Trinajstić information content (AvgIpc) is 3.05. The fourth-order valence-corrected chi connectivity index (χ4v) is 3.46. The van der Waals surface area contributed by atoms with Crippen molar-refractivity contribution >= 4 is 23.1 Å². The lowest BCUT2D eigenvalue weighted by Crippen LogP contribution is -2.52. The van der Waals surface area contributed by atoms with E-state index >= 15 is 0 Å². The molecule has 3 rings (SSSR count). The van der Waals surface area contributed by atoms with E-state index in [1.54, 1.807) is 11.3 Å². The van der Waals surface area contributed by atoms with Gasteiger partial charge in [0.2, 0.25) is 0 Å². The Kier molecular flexibility index (Phi) is 5.63. The van der Waals surface area contributed by atoms with Crippen LogP contribution in [0, 0.1) is 6.92 Å². The first-order valence-electron chi connectivity index (χ1n) is 8.37. The molecule has 0 aliphatic carbocycles. The summed E-state index contributed by atoms with van der Waals surface area (Å²) in [7, 11) is 0. The van der Waals surface area contributed by atoms with Gasteiger partial charge in [0, 0.05) is 50.0 Å². The largest absolute Gasteiger partial charge is 0.357 e. The van der Waals surface area contributed by atoms with E-state index in [2.05, 4.69) is 38.1 Å². The van der Waals surface area contributed by atoms with Crippen LogP contribution in [0.15, 0.2) is 35.6 Å². The lowest BCUT2D eigenvalue weighted by atomic mass is 10.3. The maximum absolute atomic E-state index is 4.79. The smallest absolute Gasteiger partial charge is 0.194 e. The minimum atomic E-state index is 0.689. The number of anilines is 1. The molecular weight excluding hydrogens is 320 g/mol. The summed E-state index contributed by atoms with van der Waals surface area (Å²) in [4.78, 5) is 19.4. The Labute approximate surface area is 147 Å². The molecule has 24 heavy (non-hydrogen) atoms. The maximum atomic E-state index is 4.79. The zero-order valence-electron chi connectivity index (χ0n) is 14.3. The molecule has 1 fully saturated rings. The van der Waals surface area contributed by atoms with E-state index in [-0.39, 0.29) is 0 Å². The normalized spacial score (nSPS) is 15.7. The van der Waals surface area contributed by atoms with Gasteiger partial charge in [-0.2, -0.15) is 0 Å². The number of nitrogens with one attached hydrogen (secondary N) is 1. The first-order chi connectivity index (χ1) is 11.8. The fourth-order valence-electron chi connectivity index (χ4n) is 2.75. The number of hydrogen-bond donors (Lipinski definition) is 1. The van der Waals surface area contributed by atoms with Gasteiger partial charge in [0.15, 0.2) is 5.96 Å². The number of piperazine rings is 1. The first-order valence-corrected chi connectivity index (χ1v) is 9.18. The van der Waals surface area contributed by atoms with Crippen LogP contribution in [0.25, 0.3) is 0 Å². The van der Waals surface area contributed by atoms with Crippen LogP contribution in [0.1, 0.15) is 16.8 Å². The lowest BCUT2D eigenvalue weighted by molar-refractivity contribution is 0.371. The summed E-state index contributed by atoms with van der Waals surface area (Å²) in [5.41, 5.74) is 0. The van der Waals surface area contributed by atoms with Crippen LogP contribution in [0.5, 0.6) is 0 Å². The van der Waals surface area contributed by atoms with Gasteiger partial charge in [-0.3, -0.25) is 0 Å². The van der Waals surface area contributed by atoms with Gasteiger partial charge in [-0.05, 0) is 26.0 Å². The number of aryl methyl sites for hydroxylation is 1. The standard InChI is InChI=1S/C17H24N6S/c1-3-18-17(21-13-15-12-20-14(2)24-15)23-10-8-22(9-11-23)16-6-4-5-7-19-16/h4-7,12H,3,8-11,13H2,1-2H3,(H,18,21). The van der Waals surface area contributed by atoms with Crippen LogP contribution in [-0.2, 0) is 6.54 Å². The van der Waals surface area contributed by atoms with Crippen LogP contribution in [-0.4, -0.2) is 53.6 Å². The van der Waals surface area contributed by atoms with Gasteiger partial charge in [0.05, 0.1) is 11.6 Å². The summed E-state index contributed by atoms with van der Waals surface area (Å²) in [6, 6.07) is 6.06. The molecule has 0 bridgehead atoms. The van der Waals surface area contributed by atoms with Crippen molar-refractivity contribution in [2.24, 2.45) is 4.99 Å². The summed E-state index contributed by atoms with van der Waals surface area (Å²) in [5, 5.41) is 4.50. The number of aromatic nitrogens is 2. The van der Waals surface area contributed by atoms with Gasteiger partial charge in [-0.1, -0.05) is 6.07 Å². The van der Waals surface area contributed by atoms with Crippen molar-refractivity contribution < 1.29 is 0 Å². The predicted molar refractivity (Wildman–Crippen MR) is 99.7 cm³/mol. The molecule has 1 aliphatic rings. The Morgan fingerprint density at radius 3 is 2.71 bits per heavy atom. The van der Waals surface area contributed by atoms with Crippen molar-refractivity contribution in [2.45, 2.75) is 20.4 Å². The summed E-state index contributed by atoms with van der Waals surface area (Å²) < 4.78 is 0. The van der Waals surface area contributed by atoms with E-state index in [4.69, 9.17) is 4.99 Å². The molecule has 2 aromatic rings. The molecule has 0 saturated carbocycles. The van der Waals surface area contributed by atoms with Gasteiger partial charge in [-0.15, -0.1) is 11.3 Å². The Morgan fingerprint density at radius 1 is 1.25 bits per heavy atom. The van der Waals surface area contributed by atoms with Crippen molar-refractivity contribution in [2.75, 3.05) is 37.6 Å². The fraction of sp³-hybridized carbons (Fsp3) is 0.471. The topological polar surface area (TPSA) is 56.7 Å². The molecular formula is C17H24N6S. The van der Waals surface area contributed by atoms with Crippen LogP contribution in [0.4, 0.5) is 5.82 Å². The zero-order chi connectivity index (χ0) is 16.8. The van der Waals surface area contributed by atoms with Crippen LogP contribution >= 0.6 is 11.3 Å². The van der Waals surface area contributed by atoms with E-state index < -0.39 is 0 Å². The monoisotopic (exact) mass is 344 g/mol. The number of guanidine groups is 1. The molecule has 0 atom stereocenters. The second-order valence-electron chi connectivity index (χ2n) is 5.68. The highest BCUT2D eigenvalue weighted by molar-refractivity contribution is 7.11. The molecule has 0 spiro atoms. The maximum Gasteiger partial charge on any atom is 0.194 e. The lowest BCUT2D eigenvalue weighted by Gasteiger charge is -2.37. The number of rotatable bonds is 4. The van der Waals surface area contributed by atoms with E-state index in [0.29, 0.717) is 6.54 Å². The van der Waals surface area contributed by atoms with E-state index in [9.17, 15) is 0 Å². The third-order valence-electron chi connectivity index (χ3n) is 3.94. The number of aliphatic imine (C=N–C) groups is 1. The highest BCUT2D eigenvalue weighted by Crippen LogP contribution is 2.14. The van der Waals surface area contributed by atoms with Crippen LogP contribution < -0.4 is 10.2 Å². The third kappa shape index (κ3) is 4.23. The minimum absolute atomic E-state index is 0.689. The number of thiazole rings is 1. The average molecular weight is 344 g/mol. The van der Waals surface area contributed by atoms with Gasteiger partial charge in [0.25, 0.3) is 0 Å². The Hall–Kier alpha value is -2.15. The molecule has 6 nitrogen and oxygen atoms in total. The minimum Gasteiger partial charge on any atom is -0.357 e.